The number of hydrogen-bond acceptors (Lipinski definition) is 3. The van der Waals surface area contributed by atoms with E-state index in [1.807, 2.05) is 31.2 Å². The van der Waals surface area contributed by atoms with Gasteiger partial charge in [0.15, 0.2) is 0 Å². The second kappa shape index (κ2) is 11.0. The number of aliphatic carboxylic acids is 1. The van der Waals surface area contributed by atoms with Crippen LogP contribution in [-0.4, -0.2) is 22.0 Å². The number of carboxylic acids is 1. The van der Waals surface area contributed by atoms with Crippen LogP contribution in [0.2, 0.25) is 5.02 Å². The lowest BCUT2D eigenvalue weighted by Gasteiger charge is -2.25. The first kappa shape index (κ1) is 24.9. The Kier molecular flexibility index (Phi) is 7.86. The molecule has 3 aromatic rings. The van der Waals surface area contributed by atoms with E-state index >= 15 is 0 Å². The van der Waals surface area contributed by atoms with Gasteiger partial charge in [0, 0.05) is 30.1 Å². The van der Waals surface area contributed by atoms with E-state index in [9.17, 15) is 9.59 Å². The van der Waals surface area contributed by atoms with Gasteiger partial charge in [-0.3, -0.25) is 14.6 Å². The average Bonchev–Trinajstić information content (AvgIpc) is 3.34. The highest BCUT2D eigenvalue weighted by Crippen LogP contribution is 2.40. The number of halogens is 1. The number of aromatic nitrogens is 1. The molecule has 0 radical (unpaired) electrons. The van der Waals surface area contributed by atoms with E-state index in [0.717, 1.165) is 64.8 Å². The van der Waals surface area contributed by atoms with Crippen molar-refractivity contribution in [3.05, 3.63) is 82.1 Å². The quantitative estimate of drug-likeness (QED) is 0.358. The first-order chi connectivity index (χ1) is 16.8. The number of benzene rings is 2. The molecule has 1 fully saturated rings. The molecule has 1 aliphatic carbocycles. The zero-order valence-corrected chi connectivity index (χ0v) is 20.9. The number of rotatable bonds is 8. The maximum Gasteiger partial charge on any atom is 0.303 e. The van der Waals surface area contributed by atoms with E-state index in [4.69, 9.17) is 16.7 Å². The minimum absolute atomic E-state index is 0.00745. The van der Waals surface area contributed by atoms with E-state index in [1.165, 1.54) is 0 Å². The van der Waals surface area contributed by atoms with Crippen molar-refractivity contribution in [2.75, 3.05) is 5.32 Å². The van der Waals surface area contributed by atoms with E-state index in [2.05, 4.69) is 35.4 Å². The summed E-state index contributed by atoms with van der Waals surface area (Å²) in [4.78, 5) is 28.9. The highest BCUT2D eigenvalue weighted by molar-refractivity contribution is 6.30. The van der Waals surface area contributed by atoms with Crippen molar-refractivity contribution in [1.82, 2.24) is 4.98 Å². The lowest BCUT2D eigenvalue weighted by Crippen LogP contribution is -2.27. The summed E-state index contributed by atoms with van der Waals surface area (Å²) in [5.74, 6) is -0.784. The third kappa shape index (κ3) is 5.91. The van der Waals surface area contributed by atoms with Crippen molar-refractivity contribution in [2.24, 2.45) is 5.92 Å². The van der Waals surface area contributed by atoms with Crippen LogP contribution in [0.4, 0.5) is 5.69 Å². The molecule has 182 valence electrons. The van der Waals surface area contributed by atoms with Gasteiger partial charge in [-0.05, 0) is 79.0 Å². The molecule has 4 rings (SSSR count). The molecule has 2 aromatic carbocycles. The van der Waals surface area contributed by atoms with Gasteiger partial charge in [0.2, 0.25) is 5.91 Å². The molecule has 1 aromatic heterocycles. The molecule has 2 N–H and O–H groups in total. The number of hydrogen-bond donors (Lipinski definition) is 2. The molecule has 1 atom stereocenters. The van der Waals surface area contributed by atoms with Crippen LogP contribution in [0.15, 0.2) is 54.9 Å². The molecule has 0 saturated heterocycles. The molecule has 1 saturated carbocycles. The Bertz CT molecular complexity index is 1230. The Morgan fingerprint density at radius 2 is 1.89 bits per heavy atom. The van der Waals surface area contributed by atoms with E-state index in [0.29, 0.717) is 17.4 Å². The third-order valence-electron chi connectivity index (χ3n) is 7.09. The van der Waals surface area contributed by atoms with Gasteiger partial charge in [-0.1, -0.05) is 54.8 Å². The second-order valence-corrected chi connectivity index (χ2v) is 9.90. The maximum absolute atomic E-state index is 13.7. The maximum atomic E-state index is 13.7. The smallest absolute Gasteiger partial charge is 0.303 e. The summed E-state index contributed by atoms with van der Waals surface area (Å²) in [5, 5.41) is 12.8. The largest absolute Gasteiger partial charge is 0.481 e. The summed E-state index contributed by atoms with van der Waals surface area (Å²) in [7, 11) is 0. The van der Waals surface area contributed by atoms with Crippen molar-refractivity contribution in [1.29, 1.82) is 0 Å². The number of nitrogens with zero attached hydrogens (tertiary/aromatic N) is 1. The SMILES string of the molecule is Cc1cc(C(C(=O)Nc2cccc(CCC(=O)O)c2C)C2CCCC2)ccc1-c1cncc(Cl)c1. The molecule has 6 heteroatoms. The summed E-state index contributed by atoms with van der Waals surface area (Å²) >= 11 is 6.15. The van der Waals surface area contributed by atoms with Gasteiger partial charge in [-0.15, -0.1) is 0 Å². The van der Waals surface area contributed by atoms with Crippen LogP contribution in [0, 0.1) is 19.8 Å². The van der Waals surface area contributed by atoms with Crippen molar-refractivity contribution in [2.45, 2.75) is 58.3 Å². The molecule has 35 heavy (non-hydrogen) atoms. The van der Waals surface area contributed by atoms with Crippen LogP contribution >= 0.6 is 11.6 Å². The number of carbonyl (C=O) groups is 2. The summed E-state index contributed by atoms with van der Waals surface area (Å²) < 4.78 is 0. The van der Waals surface area contributed by atoms with E-state index in [1.54, 1.807) is 12.4 Å². The highest BCUT2D eigenvalue weighted by Gasteiger charge is 2.32. The van der Waals surface area contributed by atoms with E-state index < -0.39 is 5.97 Å². The summed E-state index contributed by atoms with van der Waals surface area (Å²) in [5.41, 5.74) is 6.72. The van der Waals surface area contributed by atoms with Crippen LogP contribution in [0.5, 0.6) is 0 Å². The monoisotopic (exact) mass is 490 g/mol. The summed E-state index contributed by atoms with van der Waals surface area (Å²) in [6.07, 6.45) is 8.28. The highest BCUT2D eigenvalue weighted by atomic mass is 35.5. The zero-order chi connectivity index (χ0) is 24.9. The van der Waals surface area contributed by atoms with Crippen LogP contribution in [0.25, 0.3) is 11.1 Å². The minimum Gasteiger partial charge on any atom is -0.481 e. The van der Waals surface area contributed by atoms with Crippen molar-refractivity contribution < 1.29 is 14.7 Å². The normalized spacial score (nSPS) is 14.6. The van der Waals surface area contributed by atoms with Gasteiger partial charge < -0.3 is 10.4 Å². The molecule has 0 aliphatic heterocycles. The number of amides is 1. The first-order valence-corrected chi connectivity index (χ1v) is 12.5. The Hall–Kier alpha value is -3.18. The minimum atomic E-state index is -0.826. The fourth-order valence-corrected chi connectivity index (χ4v) is 5.41. The number of anilines is 1. The molecule has 0 spiro atoms. The summed E-state index contributed by atoms with van der Waals surface area (Å²) in [6, 6.07) is 13.8. The number of nitrogens with one attached hydrogen (secondary N) is 1. The van der Waals surface area contributed by atoms with Gasteiger partial charge in [-0.2, -0.15) is 0 Å². The first-order valence-electron chi connectivity index (χ1n) is 12.2. The van der Waals surface area contributed by atoms with Gasteiger partial charge in [-0.25, -0.2) is 0 Å². The Balaban J connectivity index is 1.62. The number of aryl methyl sites for hydroxylation is 2. The third-order valence-corrected chi connectivity index (χ3v) is 7.30. The van der Waals surface area contributed by atoms with Crippen molar-refractivity contribution in [3.8, 4) is 11.1 Å². The lowest BCUT2D eigenvalue weighted by atomic mass is 9.82. The number of carboxylic acid groups (broad SMARTS) is 1. The molecule has 1 aliphatic rings. The van der Waals surface area contributed by atoms with Gasteiger partial charge in [0.05, 0.1) is 10.9 Å². The average molecular weight is 491 g/mol. The van der Waals surface area contributed by atoms with Gasteiger partial charge >= 0.3 is 5.97 Å². The van der Waals surface area contributed by atoms with Gasteiger partial charge in [0.25, 0.3) is 0 Å². The molecule has 1 heterocycles. The molecular weight excluding hydrogens is 460 g/mol. The van der Waals surface area contributed by atoms with Crippen LogP contribution in [0.3, 0.4) is 0 Å². The topological polar surface area (TPSA) is 79.3 Å². The second-order valence-electron chi connectivity index (χ2n) is 9.46. The van der Waals surface area contributed by atoms with Crippen molar-refractivity contribution in [3.63, 3.8) is 0 Å². The van der Waals surface area contributed by atoms with E-state index in [-0.39, 0.29) is 18.2 Å². The predicted octanol–water partition coefficient (Wildman–Crippen LogP) is 6.95. The Morgan fingerprint density at radius 3 is 2.57 bits per heavy atom. The van der Waals surface area contributed by atoms with Crippen LogP contribution < -0.4 is 5.32 Å². The van der Waals surface area contributed by atoms with Crippen LogP contribution in [-0.2, 0) is 16.0 Å². The standard InChI is InChI=1S/C29H31ClN2O3/c1-18-14-22(10-12-25(18)23-15-24(30)17-31-16-23)28(21-6-3-4-7-21)29(35)32-26-9-5-8-20(19(26)2)11-13-27(33)34/h5,8-10,12,14-17,21,28H,3-4,6-7,11,13H2,1-2H3,(H,32,35)(H,33,34). The molecule has 1 unspecified atom stereocenters. The fourth-order valence-electron chi connectivity index (χ4n) is 5.23. The predicted molar refractivity (Wildman–Crippen MR) is 140 cm³/mol. The number of carbonyl (C=O) groups excluding carboxylic acids is 1. The van der Waals surface area contributed by atoms with Crippen molar-refractivity contribution >= 4 is 29.2 Å². The van der Waals surface area contributed by atoms with Gasteiger partial charge in [0.1, 0.15) is 0 Å². The molecule has 0 bridgehead atoms. The fraction of sp³-hybridized carbons (Fsp3) is 0.345. The Labute approximate surface area is 211 Å². The molecule has 1 amide bonds. The summed E-state index contributed by atoms with van der Waals surface area (Å²) in [6.45, 7) is 3.99. The lowest BCUT2D eigenvalue weighted by molar-refractivity contribution is -0.137. The zero-order valence-electron chi connectivity index (χ0n) is 20.2. The number of pyridine rings is 1. The Morgan fingerprint density at radius 1 is 1.11 bits per heavy atom. The van der Waals surface area contributed by atoms with Crippen LogP contribution in [0.1, 0.15) is 60.3 Å². The molecular formula is C29H31ClN2O3. The molecule has 5 nitrogen and oxygen atoms in total.